The van der Waals surface area contributed by atoms with Gasteiger partial charge in [0.25, 0.3) is 0 Å². The fourth-order valence-corrected chi connectivity index (χ4v) is 22.1. The summed E-state index contributed by atoms with van der Waals surface area (Å²) < 4.78 is 21.7. The molecule has 78 heavy (non-hydrogen) atoms. The highest BCUT2D eigenvalue weighted by Crippen LogP contribution is 2.84. The number of hydrogen-bond acceptors (Lipinski definition) is 19. The number of amides is 2. The molecule has 2 aliphatic rings. The summed E-state index contributed by atoms with van der Waals surface area (Å²) in [6, 6.07) is 0. The van der Waals surface area contributed by atoms with E-state index < -0.39 is 47.4 Å². The standard InChI is InChI=1S/C53H88N2O17S6/c56-42(20-15-13-11-9-7-5-3-1-2-4-6-8-10-12-14-16-23-48(61)62)36-40(49(63)64)24-27-47(60)55-29-31-70-33-35-71-38-43(57)21-19-30-69-32-34-72-39-44(58)37-41(50(65)66)25-26-46(59)54-28-18-17-22-45(51(67)68)52-73-75-53(76-74-52)77-78-53/h40-41,45,52H,1-39H2,(H,54,59)(H,55,60)(H,61,62)(H,63,64)(H,65,66)(H,67,68)/t40-,41-,45+/m1/s1. The first-order valence-electron chi connectivity index (χ1n) is 28.0. The van der Waals surface area contributed by atoms with Crippen LogP contribution in [-0.2, 0) is 62.1 Å². The Balaban J connectivity index is 1.35. The molecule has 0 aromatic carbocycles. The predicted molar refractivity (Wildman–Crippen MR) is 311 cm³/mol. The van der Waals surface area contributed by atoms with Gasteiger partial charge in [-0.05, 0) is 66.5 Å². The minimum absolute atomic E-state index is 0.0126. The van der Waals surface area contributed by atoms with Gasteiger partial charge in [0.1, 0.15) is 19.0 Å². The number of unbranched alkanes of at least 4 members (excludes halogenated alkanes) is 16. The average molecular weight is 1220 g/mol. The smallest absolute Gasteiger partial charge is 0.308 e. The maximum atomic E-state index is 12.5. The van der Waals surface area contributed by atoms with E-state index in [0.717, 1.165) is 44.9 Å². The minimum atomic E-state index is -1.18. The molecule has 2 saturated heterocycles. The Morgan fingerprint density at radius 1 is 0.397 bits per heavy atom. The Morgan fingerprint density at radius 3 is 1.32 bits per heavy atom. The van der Waals surface area contributed by atoms with Crippen molar-refractivity contribution in [2.75, 3.05) is 65.9 Å². The van der Waals surface area contributed by atoms with E-state index in [-0.39, 0.29) is 141 Å². The molecule has 3 atom stereocenters. The summed E-state index contributed by atoms with van der Waals surface area (Å²) in [4.78, 5) is 108. The van der Waals surface area contributed by atoms with Gasteiger partial charge in [-0.3, -0.25) is 43.2 Å². The third-order valence-electron chi connectivity index (χ3n) is 12.9. The van der Waals surface area contributed by atoms with Crippen LogP contribution in [0.1, 0.15) is 186 Å². The van der Waals surface area contributed by atoms with Gasteiger partial charge in [0.05, 0.1) is 55.4 Å². The van der Waals surface area contributed by atoms with Crippen molar-refractivity contribution in [3.63, 3.8) is 0 Å². The van der Waals surface area contributed by atoms with E-state index in [1.54, 1.807) is 64.8 Å². The number of rotatable bonds is 55. The maximum Gasteiger partial charge on any atom is 0.308 e. The molecular formula is C53H88N2O17S6. The Hall–Kier alpha value is -2.23. The largest absolute Gasteiger partial charge is 0.481 e. The van der Waals surface area contributed by atoms with Crippen LogP contribution in [0.5, 0.6) is 0 Å². The number of carbonyl (C=O) groups excluding carboxylic acids is 5. The molecule has 2 aliphatic heterocycles. The van der Waals surface area contributed by atoms with Crippen LogP contribution in [0.4, 0.5) is 0 Å². The molecule has 0 saturated carbocycles. The molecule has 2 rings (SSSR count). The molecule has 0 radical (unpaired) electrons. The number of Topliss-reactive ketones (excluding diaryl/α,β-unsaturated/α-hetero) is 3. The Bertz CT molecular complexity index is 1760. The first-order valence-corrected chi connectivity index (χ1v) is 34.5. The van der Waals surface area contributed by atoms with Crippen molar-refractivity contribution < 1.29 is 82.5 Å². The monoisotopic (exact) mass is 1220 g/mol. The fourth-order valence-electron chi connectivity index (χ4n) is 8.27. The molecule has 0 bridgehead atoms. The van der Waals surface area contributed by atoms with E-state index in [1.165, 1.54) is 57.8 Å². The van der Waals surface area contributed by atoms with Crippen LogP contribution in [0.3, 0.4) is 0 Å². The summed E-state index contributed by atoms with van der Waals surface area (Å²) in [6.07, 6.45) is 20.6. The normalized spacial score (nSPS) is 15.1. The van der Waals surface area contributed by atoms with E-state index in [0.29, 0.717) is 38.6 Å². The van der Waals surface area contributed by atoms with Crippen LogP contribution in [0.15, 0.2) is 0 Å². The maximum absolute atomic E-state index is 12.5. The summed E-state index contributed by atoms with van der Waals surface area (Å²) in [6.45, 7) is 1.28. The summed E-state index contributed by atoms with van der Waals surface area (Å²) in [7, 11) is 10.3. The molecule has 0 aromatic rings. The number of carboxylic acid groups (broad SMARTS) is 4. The fraction of sp³-hybridized carbons (Fsp3) is 0.830. The van der Waals surface area contributed by atoms with E-state index in [1.807, 2.05) is 0 Å². The number of ether oxygens (including phenoxy) is 4. The summed E-state index contributed by atoms with van der Waals surface area (Å²) in [5, 5.41) is 43.1. The zero-order valence-corrected chi connectivity index (χ0v) is 50.3. The predicted octanol–water partition coefficient (Wildman–Crippen LogP) is 10.6. The molecule has 0 aliphatic carbocycles. The van der Waals surface area contributed by atoms with Crippen molar-refractivity contribution >= 4 is 118 Å². The first-order chi connectivity index (χ1) is 37.6. The Labute approximate surface area is 485 Å². The van der Waals surface area contributed by atoms with Crippen molar-refractivity contribution in [2.24, 2.45) is 17.8 Å². The zero-order valence-electron chi connectivity index (χ0n) is 45.4. The lowest BCUT2D eigenvalue weighted by molar-refractivity contribution is -0.145. The van der Waals surface area contributed by atoms with Crippen LogP contribution >= 0.6 is 64.8 Å². The molecular weight excluding hydrogens is 1130 g/mol. The van der Waals surface area contributed by atoms with Crippen molar-refractivity contribution in [1.29, 1.82) is 0 Å². The van der Waals surface area contributed by atoms with Gasteiger partial charge in [0.15, 0.2) is 14.3 Å². The highest BCUT2D eigenvalue weighted by Gasteiger charge is 2.53. The Morgan fingerprint density at radius 2 is 0.833 bits per heavy atom. The van der Waals surface area contributed by atoms with E-state index in [2.05, 4.69) is 10.6 Å². The van der Waals surface area contributed by atoms with Crippen molar-refractivity contribution in [2.45, 2.75) is 194 Å². The van der Waals surface area contributed by atoms with E-state index >= 15 is 0 Å². The van der Waals surface area contributed by atoms with E-state index in [4.69, 9.17) is 24.1 Å². The van der Waals surface area contributed by atoms with E-state index in [9.17, 15) is 58.5 Å². The minimum Gasteiger partial charge on any atom is -0.481 e. The highest BCUT2D eigenvalue weighted by molar-refractivity contribution is 9.14. The van der Waals surface area contributed by atoms with Gasteiger partial charge >= 0.3 is 23.9 Å². The zero-order chi connectivity index (χ0) is 57.1. The molecule has 25 heteroatoms. The van der Waals surface area contributed by atoms with Gasteiger partial charge in [0.2, 0.25) is 11.8 Å². The lowest BCUT2D eigenvalue weighted by Crippen LogP contribution is -2.29. The van der Waals surface area contributed by atoms with Gasteiger partial charge < -0.3 is 50.0 Å². The number of carboxylic acids is 4. The number of carbonyl (C=O) groups is 9. The summed E-state index contributed by atoms with van der Waals surface area (Å²) in [5.74, 6) is -7.50. The third kappa shape index (κ3) is 39.2. The second-order valence-electron chi connectivity index (χ2n) is 19.7. The SMILES string of the molecule is O=C(O)CCCCCCCCCCCCCCCCCCC(=O)C[C@@H](CCC(=O)NCCOCCOCC(=O)CCCOCCOCC(=O)C[C@@H](CCC(=O)NCCCC[C@@H](C(=O)O)C1SSC2(SS1)SS2)C(=O)O)C(=O)O. The highest BCUT2D eigenvalue weighted by atomic mass is 33.2. The lowest BCUT2D eigenvalue weighted by atomic mass is 9.94. The topological polar surface area (TPSA) is 296 Å². The van der Waals surface area contributed by atoms with Crippen LogP contribution < -0.4 is 10.6 Å². The number of aliphatic carboxylic acids is 4. The van der Waals surface area contributed by atoms with Gasteiger partial charge in [-0.2, -0.15) is 0 Å². The van der Waals surface area contributed by atoms with Gasteiger partial charge in [-0.15, -0.1) is 0 Å². The van der Waals surface area contributed by atoms with Gasteiger partial charge in [-0.25, -0.2) is 0 Å². The first kappa shape index (κ1) is 71.9. The molecule has 2 amide bonds. The molecule has 2 fully saturated rings. The van der Waals surface area contributed by atoms with Crippen molar-refractivity contribution in [1.82, 2.24) is 10.6 Å². The van der Waals surface area contributed by atoms with Gasteiger partial charge in [-0.1, -0.05) is 139 Å². The average Bonchev–Trinajstić information content (AvgIpc) is 4.23. The molecule has 0 unspecified atom stereocenters. The quantitative estimate of drug-likeness (QED) is 0.0187. The molecule has 6 N–H and O–H groups in total. The molecule has 2 heterocycles. The lowest BCUT2D eigenvalue weighted by Gasteiger charge is -2.27. The second-order valence-corrected chi connectivity index (χ2v) is 29.2. The van der Waals surface area contributed by atoms with Crippen LogP contribution in [0.2, 0.25) is 0 Å². The summed E-state index contributed by atoms with van der Waals surface area (Å²) in [5.41, 5.74) is 0. The van der Waals surface area contributed by atoms with Crippen molar-refractivity contribution in [3.05, 3.63) is 0 Å². The van der Waals surface area contributed by atoms with Gasteiger partial charge in [0, 0.05) is 64.6 Å². The number of nitrogens with one attached hydrogen (secondary N) is 2. The molecule has 0 aromatic heterocycles. The summed E-state index contributed by atoms with van der Waals surface area (Å²) >= 11 is 0. The van der Waals surface area contributed by atoms with Crippen LogP contribution in [0.25, 0.3) is 0 Å². The van der Waals surface area contributed by atoms with Crippen molar-refractivity contribution in [3.8, 4) is 0 Å². The third-order valence-corrected chi connectivity index (χ3v) is 26.8. The number of hydrogen-bond donors (Lipinski definition) is 6. The van der Waals surface area contributed by atoms with Crippen LogP contribution in [0, 0.1) is 17.8 Å². The molecule has 1 spiro atoms. The van der Waals surface area contributed by atoms with Crippen LogP contribution in [-0.4, -0.2) is 147 Å². The number of ketones is 3. The second kappa shape index (κ2) is 46.3. The Kier molecular flexibility index (Phi) is 42.6. The molecule has 448 valence electrons. The molecule has 19 nitrogen and oxygen atoms in total.